The van der Waals surface area contributed by atoms with Crippen LogP contribution in [0.2, 0.25) is 0 Å². The minimum absolute atomic E-state index is 0.00672. The fourth-order valence-electron chi connectivity index (χ4n) is 2.89. The number of hydrogen-bond donors (Lipinski definition) is 2. The highest BCUT2D eigenvalue weighted by Gasteiger charge is 2.30. The molecule has 3 rings (SSSR count). The maximum absolute atomic E-state index is 12.5. The van der Waals surface area contributed by atoms with E-state index >= 15 is 0 Å². The Morgan fingerprint density at radius 2 is 2.13 bits per heavy atom. The highest BCUT2D eigenvalue weighted by atomic mass is 16.4. The molecule has 1 aliphatic rings. The summed E-state index contributed by atoms with van der Waals surface area (Å²) in [6.45, 7) is 2.85. The molecule has 0 fully saturated rings. The lowest BCUT2D eigenvalue weighted by molar-refractivity contribution is 0.0771. The molecule has 23 heavy (non-hydrogen) atoms. The summed E-state index contributed by atoms with van der Waals surface area (Å²) in [4.78, 5) is 36.1. The van der Waals surface area contributed by atoms with Gasteiger partial charge in [0.05, 0.1) is 0 Å². The van der Waals surface area contributed by atoms with Crippen LogP contribution < -0.4 is 5.32 Å². The van der Waals surface area contributed by atoms with E-state index in [1.54, 1.807) is 27.6 Å². The predicted molar refractivity (Wildman–Crippen MR) is 82.8 cm³/mol. The lowest BCUT2D eigenvalue weighted by Gasteiger charge is -2.16. The number of carboxylic acid groups (broad SMARTS) is 1. The van der Waals surface area contributed by atoms with Crippen molar-refractivity contribution in [1.82, 2.24) is 14.6 Å². The molecule has 0 aromatic carbocycles. The molecule has 120 valence electrons. The number of pyridine rings is 1. The number of nitrogens with zero attached hydrogens (tertiary/aromatic N) is 2. The highest BCUT2D eigenvalue weighted by molar-refractivity contribution is 5.99. The number of Topliss-reactive ketones (excluding diaryl/α,β-unsaturated/α-hetero) is 1. The zero-order valence-corrected chi connectivity index (χ0v) is 12.7. The van der Waals surface area contributed by atoms with E-state index in [1.165, 1.54) is 6.92 Å². The molecule has 2 aromatic heterocycles. The Morgan fingerprint density at radius 3 is 2.83 bits per heavy atom. The summed E-state index contributed by atoms with van der Waals surface area (Å²) in [7, 11) is 0. The topological polar surface area (TPSA) is 91.1 Å². The maximum Gasteiger partial charge on any atom is 0.404 e. The molecule has 0 bridgehead atoms. The molecule has 2 N–H and O–H groups in total. The van der Waals surface area contributed by atoms with Crippen LogP contribution in [0.15, 0.2) is 24.4 Å². The molecule has 2 amide bonds. The second-order valence-electron chi connectivity index (χ2n) is 5.60. The van der Waals surface area contributed by atoms with Crippen LogP contribution in [0, 0.1) is 0 Å². The van der Waals surface area contributed by atoms with Crippen LogP contribution in [0.25, 0.3) is 5.52 Å². The minimum atomic E-state index is -1.06. The van der Waals surface area contributed by atoms with Crippen molar-refractivity contribution in [2.24, 2.45) is 0 Å². The number of amides is 2. The van der Waals surface area contributed by atoms with E-state index in [-0.39, 0.29) is 11.7 Å². The number of carbonyl (C=O) groups excluding carboxylic acids is 2. The second-order valence-corrected chi connectivity index (χ2v) is 5.60. The van der Waals surface area contributed by atoms with Crippen molar-refractivity contribution < 1.29 is 19.5 Å². The average molecular weight is 315 g/mol. The fraction of sp³-hybridized carbons (Fsp3) is 0.312. The van der Waals surface area contributed by atoms with Gasteiger partial charge >= 0.3 is 6.09 Å². The monoisotopic (exact) mass is 315 g/mol. The van der Waals surface area contributed by atoms with Crippen LogP contribution in [-0.2, 0) is 6.54 Å². The van der Waals surface area contributed by atoms with Gasteiger partial charge in [0.25, 0.3) is 5.91 Å². The molecule has 0 radical (unpaired) electrons. The van der Waals surface area contributed by atoms with Crippen molar-refractivity contribution in [3.8, 4) is 0 Å². The fourth-order valence-corrected chi connectivity index (χ4v) is 2.89. The molecule has 7 heteroatoms. The van der Waals surface area contributed by atoms with Gasteiger partial charge in [-0.05, 0) is 31.5 Å². The van der Waals surface area contributed by atoms with E-state index < -0.39 is 6.09 Å². The average Bonchev–Trinajstić information content (AvgIpc) is 2.99. The van der Waals surface area contributed by atoms with Crippen molar-refractivity contribution in [3.05, 3.63) is 41.2 Å². The van der Waals surface area contributed by atoms with Gasteiger partial charge in [0.1, 0.15) is 5.69 Å². The molecule has 0 aliphatic carbocycles. The number of ketones is 1. The van der Waals surface area contributed by atoms with Crippen LogP contribution in [0.5, 0.6) is 0 Å². The highest BCUT2D eigenvalue weighted by Crippen LogP contribution is 2.27. The number of carbonyl (C=O) groups is 3. The van der Waals surface area contributed by atoms with Gasteiger partial charge in [-0.15, -0.1) is 0 Å². The zero-order valence-electron chi connectivity index (χ0n) is 12.7. The quantitative estimate of drug-likeness (QED) is 0.649. The molecule has 0 saturated heterocycles. The van der Waals surface area contributed by atoms with E-state index in [4.69, 9.17) is 5.11 Å². The van der Waals surface area contributed by atoms with Gasteiger partial charge in [-0.2, -0.15) is 0 Å². The number of hydrogen-bond acceptors (Lipinski definition) is 3. The van der Waals surface area contributed by atoms with Gasteiger partial charge in [-0.1, -0.05) is 0 Å². The summed E-state index contributed by atoms with van der Waals surface area (Å²) < 4.78 is 1.81. The van der Waals surface area contributed by atoms with Gasteiger partial charge in [0, 0.05) is 42.5 Å². The molecular formula is C16H17N3O4. The smallest absolute Gasteiger partial charge is 0.404 e. The number of nitrogens with one attached hydrogen (secondary N) is 1. The SMILES string of the molecule is CC(=O)c1ccn2c3c(cc2c1)CN(CCCNC(=O)O)C3=O. The van der Waals surface area contributed by atoms with E-state index in [0.29, 0.717) is 37.3 Å². The second kappa shape index (κ2) is 5.75. The van der Waals surface area contributed by atoms with E-state index in [2.05, 4.69) is 5.32 Å². The first-order chi connectivity index (χ1) is 11.0. The summed E-state index contributed by atoms with van der Waals surface area (Å²) in [5.74, 6) is -0.0707. The van der Waals surface area contributed by atoms with Crippen LogP contribution in [0.4, 0.5) is 4.79 Å². The summed E-state index contributed by atoms with van der Waals surface area (Å²) in [6.07, 6.45) is 1.26. The third-order valence-electron chi connectivity index (χ3n) is 3.99. The first-order valence-electron chi connectivity index (χ1n) is 7.38. The number of rotatable bonds is 5. The molecule has 0 unspecified atom stereocenters. The molecule has 1 aliphatic heterocycles. The summed E-state index contributed by atoms with van der Waals surface area (Å²) in [5.41, 5.74) is 3.02. The Kier molecular flexibility index (Phi) is 3.77. The zero-order chi connectivity index (χ0) is 16.6. The minimum Gasteiger partial charge on any atom is -0.465 e. The normalized spacial score (nSPS) is 13.4. The van der Waals surface area contributed by atoms with E-state index in [0.717, 1.165) is 11.1 Å². The standard InChI is InChI=1S/C16H17N3O4/c1-10(20)11-3-6-19-13(7-11)8-12-9-18(15(21)14(12)19)5-2-4-17-16(22)23/h3,6-8,17H,2,4-5,9H2,1H3,(H,22,23). The summed E-state index contributed by atoms with van der Waals surface area (Å²) >= 11 is 0. The van der Waals surface area contributed by atoms with Crippen molar-refractivity contribution >= 4 is 23.3 Å². The lowest BCUT2D eigenvalue weighted by atomic mass is 10.2. The Hall–Kier alpha value is -2.83. The lowest BCUT2D eigenvalue weighted by Crippen LogP contribution is -2.30. The van der Waals surface area contributed by atoms with Gasteiger partial charge in [0.15, 0.2) is 5.78 Å². The van der Waals surface area contributed by atoms with Crippen molar-refractivity contribution in [2.75, 3.05) is 13.1 Å². The Balaban J connectivity index is 1.76. The predicted octanol–water partition coefficient (Wildman–Crippen LogP) is 1.76. The van der Waals surface area contributed by atoms with Crippen molar-refractivity contribution in [1.29, 1.82) is 0 Å². The first-order valence-corrected chi connectivity index (χ1v) is 7.38. The maximum atomic E-state index is 12.5. The molecule has 0 saturated carbocycles. The first kappa shape index (κ1) is 15.1. The van der Waals surface area contributed by atoms with Crippen LogP contribution >= 0.6 is 0 Å². The molecule has 7 nitrogen and oxygen atoms in total. The third-order valence-corrected chi connectivity index (χ3v) is 3.99. The van der Waals surface area contributed by atoms with Crippen molar-refractivity contribution in [2.45, 2.75) is 19.9 Å². The Morgan fingerprint density at radius 1 is 1.35 bits per heavy atom. The van der Waals surface area contributed by atoms with E-state index in [9.17, 15) is 14.4 Å². The van der Waals surface area contributed by atoms with Crippen molar-refractivity contribution in [3.63, 3.8) is 0 Å². The molecule has 0 atom stereocenters. The van der Waals surface area contributed by atoms with Crippen LogP contribution in [-0.4, -0.2) is 45.3 Å². The Bertz CT molecular complexity index is 809. The molecule has 0 spiro atoms. The van der Waals surface area contributed by atoms with Gasteiger partial charge in [-0.25, -0.2) is 4.79 Å². The molecule has 3 heterocycles. The van der Waals surface area contributed by atoms with Crippen LogP contribution in [0.1, 0.15) is 39.8 Å². The molecule has 2 aromatic rings. The van der Waals surface area contributed by atoms with E-state index in [1.807, 2.05) is 6.07 Å². The largest absolute Gasteiger partial charge is 0.465 e. The summed E-state index contributed by atoms with van der Waals surface area (Å²) in [6, 6.07) is 5.42. The van der Waals surface area contributed by atoms with Crippen LogP contribution in [0.3, 0.4) is 0 Å². The third kappa shape index (κ3) is 2.77. The number of fused-ring (bicyclic) bond motifs is 3. The van der Waals surface area contributed by atoms with Gasteiger partial charge in [-0.3, -0.25) is 9.59 Å². The summed E-state index contributed by atoms with van der Waals surface area (Å²) in [5, 5.41) is 10.8. The molecular weight excluding hydrogens is 298 g/mol. The van der Waals surface area contributed by atoms with Gasteiger partial charge in [0.2, 0.25) is 0 Å². The Labute approximate surface area is 132 Å². The number of aromatic nitrogens is 1. The van der Waals surface area contributed by atoms with Gasteiger partial charge < -0.3 is 19.7 Å².